The van der Waals surface area contributed by atoms with E-state index in [1.807, 2.05) is 0 Å². The summed E-state index contributed by atoms with van der Waals surface area (Å²) >= 11 is 0. The first kappa shape index (κ1) is 36.0. The molecular weight excluding hydrogens is 559 g/mol. The predicted octanol–water partition coefficient (Wildman–Crippen LogP) is 12.6. The van der Waals surface area contributed by atoms with Crippen LogP contribution < -0.4 is 13.6 Å². The number of rotatable bonds is 6. The summed E-state index contributed by atoms with van der Waals surface area (Å²) in [5.74, 6) is 2.46. The molecule has 242 valence electrons. The maximum atomic E-state index is 7.14. The van der Waals surface area contributed by atoms with Gasteiger partial charge in [0.25, 0.3) is 0 Å². The van der Waals surface area contributed by atoms with Crippen LogP contribution in [0.3, 0.4) is 0 Å². The molecule has 0 fully saturated rings. The van der Waals surface area contributed by atoms with Crippen molar-refractivity contribution in [3.63, 3.8) is 0 Å². The van der Waals surface area contributed by atoms with E-state index in [0.717, 1.165) is 50.6 Å². The van der Waals surface area contributed by atoms with E-state index in [-0.39, 0.29) is 27.1 Å². The minimum Gasteiger partial charge on any atom is -0.408 e. The van der Waals surface area contributed by atoms with Crippen LogP contribution in [0.2, 0.25) is 0 Å². The highest BCUT2D eigenvalue weighted by molar-refractivity contribution is 7.43. The lowest BCUT2D eigenvalue weighted by molar-refractivity contribution is 0.366. The topological polar surface area (TPSA) is 27.7 Å². The minimum atomic E-state index is -1.91. The van der Waals surface area contributed by atoms with Crippen LogP contribution in [-0.2, 0) is 27.1 Å². The van der Waals surface area contributed by atoms with Crippen molar-refractivity contribution in [3.8, 4) is 17.2 Å². The van der Waals surface area contributed by atoms with Gasteiger partial charge in [0, 0.05) is 22.3 Å². The summed E-state index contributed by atoms with van der Waals surface area (Å²) < 4.78 is 21.0. The molecule has 0 aliphatic heterocycles. The highest BCUT2D eigenvalue weighted by Crippen LogP contribution is 2.52. The van der Waals surface area contributed by atoms with Gasteiger partial charge >= 0.3 is 8.60 Å². The maximum absolute atomic E-state index is 7.14. The van der Waals surface area contributed by atoms with E-state index < -0.39 is 8.60 Å². The van der Waals surface area contributed by atoms with Crippen molar-refractivity contribution in [1.29, 1.82) is 0 Å². The van der Waals surface area contributed by atoms with E-state index in [2.05, 4.69) is 166 Å². The molecule has 0 amide bonds. The molecule has 0 heterocycles. The highest BCUT2D eigenvalue weighted by atomic mass is 31.2. The van der Waals surface area contributed by atoms with Crippen LogP contribution in [0.4, 0.5) is 0 Å². The molecule has 0 N–H and O–H groups in total. The summed E-state index contributed by atoms with van der Waals surface area (Å²) in [6, 6.07) is 17.5. The van der Waals surface area contributed by atoms with Crippen molar-refractivity contribution in [2.75, 3.05) is 0 Å². The van der Waals surface area contributed by atoms with Crippen LogP contribution in [0.5, 0.6) is 17.2 Å². The van der Waals surface area contributed by atoms with Gasteiger partial charge < -0.3 is 13.6 Å². The van der Waals surface area contributed by atoms with Gasteiger partial charge in [0.2, 0.25) is 0 Å². The summed E-state index contributed by atoms with van der Waals surface area (Å²) in [6.07, 6.45) is 0. The van der Waals surface area contributed by atoms with Crippen molar-refractivity contribution in [2.24, 2.45) is 0 Å². The summed E-state index contributed by atoms with van der Waals surface area (Å²) in [5, 5.41) is 0. The van der Waals surface area contributed by atoms with Crippen LogP contribution in [0.15, 0.2) is 48.5 Å². The van der Waals surface area contributed by atoms with Crippen LogP contribution in [0.25, 0.3) is 0 Å². The molecule has 3 rings (SSSR count). The molecule has 3 aromatic carbocycles. The normalized spacial score (nSPS) is 13.3. The van der Waals surface area contributed by atoms with Crippen molar-refractivity contribution >= 4 is 8.60 Å². The second kappa shape index (κ2) is 12.4. The highest BCUT2D eigenvalue weighted by Gasteiger charge is 2.35. The van der Waals surface area contributed by atoms with E-state index in [1.165, 1.54) is 5.56 Å². The van der Waals surface area contributed by atoms with E-state index in [1.54, 1.807) is 0 Å². The molecule has 0 aromatic heterocycles. The lowest BCUT2D eigenvalue weighted by atomic mass is 9.75. The van der Waals surface area contributed by atoms with E-state index >= 15 is 0 Å². The summed E-state index contributed by atoms with van der Waals surface area (Å²) in [4.78, 5) is 0. The Kier molecular flexibility index (Phi) is 10.1. The van der Waals surface area contributed by atoms with Crippen molar-refractivity contribution in [2.45, 2.75) is 145 Å². The monoisotopic (exact) mass is 618 g/mol. The number of benzene rings is 3. The van der Waals surface area contributed by atoms with Gasteiger partial charge in [-0.2, -0.15) is 0 Å². The minimum absolute atomic E-state index is 0.0113. The van der Waals surface area contributed by atoms with Gasteiger partial charge in [-0.1, -0.05) is 140 Å². The Hall–Kier alpha value is -2.51. The third kappa shape index (κ3) is 8.81. The first-order valence-electron chi connectivity index (χ1n) is 16.0. The molecule has 3 aromatic rings. The van der Waals surface area contributed by atoms with E-state index in [4.69, 9.17) is 13.6 Å². The average Bonchev–Trinajstić information content (AvgIpc) is 2.80. The zero-order chi connectivity index (χ0) is 33.6. The quantitative estimate of drug-likeness (QED) is 0.257. The molecule has 0 bridgehead atoms. The van der Waals surface area contributed by atoms with Gasteiger partial charge in [0.1, 0.15) is 17.2 Å². The third-order valence-corrected chi connectivity index (χ3v) is 9.00. The molecule has 0 saturated heterocycles. The van der Waals surface area contributed by atoms with Crippen LogP contribution >= 0.6 is 8.60 Å². The number of hydrogen-bond donors (Lipinski definition) is 0. The molecule has 0 spiro atoms. The third-order valence-electron chi connectivity index (χ3n) is 7.97. The Morgan fingerprint density at radius 1 is 0.409 bits per heavy atom. The zero-order valence-corrected chi connectivity index (χ0v) is 31.7. The molecule has 0 aliphatic rings. The summed E-state index contributed by atoms with van der Waals surface area (Å²) in [7, 11) is -1.91. The Labute approximate surface area is 271 Å². The largest absolute Gasteiger partial charge is 0.530 e. The van der Waals surface area contributed by atoms with Crippen LogP contribution in [0, 0.1) is 13.8 Å². The fraction of sp³-hybridized carbons (Fsp3) is 0.550. The van der Waals surface area contributed by atoms with Crippen LogP contribution in [-0.4, -0.2) is 0 Å². The van der Waals surface area contributed by atoms with Gasteiger partial charge in [-0.3, -0.25) is 0 Å². The molecule has 0 aliphatic carbocycles. The van der Waals surface area contributed by atoms with Gasteiger partial charge in [0.15, 0.2) is 0 Å². The van der Waals surface area contributed by atoms with Crippen molar-refractivity contribution < 1.29 is 13.6 Å². The molecule has 3 nitrogen and oxygen atoms in total. The first-order valence-corrected chi connectivity index (χ1v) is 17.1. The van der Waals surface area contributed by atoms with E-state index in [9.17, 15) is 0 Å². The molecule has 4 heteroatoms. The first-order chi connectivity index (χ1) is 19.8. The van der Waals surface area contributed by atoms with Crippen molar-refractivity contribution in [3.05, 3.63) is 87.5 Å². The SMILES string of the molecule is Cc1ccc(C(C)(C)C)c(OP(Oc2cc(C)ccc2C(C)(C)C)Oc2c(C(C)(C)C)cc(C(C)(C)C)cc2C(C)(C)C)c1. The second-order valence-corrected chi connectivity index (χ2v) is 18.6. The Morgan fingerprint density at radius 2 is 0.750 bits per heavy atom. The van der Waals surface area contributed by atoms with E-state index in [0.29, 0.717) is 0 Å². The van der Waals surface area contributed by atoms with Crippen LogP contribution in [0.1, 0.15) is 143 Å². The number of hydrogen-bond acceptors (Lipinski definition) is 3. The zero-order valence-electron chi connectivity index (χ0n) is 30.8. The molecule has 0 radical (unpaired) electrons. The summed E-state index contributed by atoms with van der Waals surface area (Å²) in [5.41, 5.74) is 7.55. The van der Waals surface area contributed by atoms with Gasteiger partial charge in [-0.05, 0) is 69.7 Å². The smallest absolute Gasteiger partial charge is 0.408 e. The fourth-order valence-corrected chi connectivity index (χ4v) is 6.30. The second-order valence-electron chi connectivity index (χ2n) is 17.6. The molecule has 0 saturated carbocycles. The Morgan fingerprint density at radius 3 is 1.05 bits per heavy atom. The molecule has 0 atom stereocenters. The fourth-order valence-electron chi connectivity index (χ4n) is 5.21. The summed E-state index contributed by atoms with van der Waals surface area (Å²) in [6.45, 7) is 37.9. The predicted molar refractivity (Wildman–Crippen MR) is 191 cm³/mol. The maximum Gasteiger partial charge on any atom is 0.530 e. The molecule has 44 heavy (non-hydrogen) atoms. The molecule has 0 unspecified atom stereocenters. The number of aryl methyl sites for hydroxylation is 2. The molecular formula is C40H59O3P. The average molecular weight is 619 g/mol. The van der Waals surface area contributed by atoms with Gasteiger partial charge in [-0.15, -0.1) is 0 Å². The lowest BCUT2D eigenvalue weighted by Crippen LogP contribution is -2.23. The van der Waals surface area contributed by atoms with Gasteiger partial charge in [0.05, 0.1) is 0 Å². The Bertz CT molecular complexity index is 1360. The van der Waals surface area contributed by atoms with Gasteiger partial charge in [-0.25, -0.2) is 0 Å². The standard InChI is InChI=1S/C40H59O3P/c1-26-18-20-29(37(6,7)8)33(22-26)41-44(42-34-23-27(2)19-21-30(34)38(9,10)11)43-35-31(39(12,13)14)24-28(36(3,4)5)25-32(35)40(15,16)17/h18-25H,1-17H3. The van der Waals surface area contributed by atoms with Crippen molar-refractivity contribution in [1.82, 2.24) is 0 Å². The lowest BCUT2D eigenvalue weighted by Gasteiger charge is -2.34. The Balaban J connectivity index is 2.33.